The largest absolute Gasteiger partial charge is 0.481 e. The molecule has 0 aromatic rings. The molecular weight excluding hydrogens is 208 g/mol. The SMILES string of the molecule is CC(C=O)CSC(CC(=O)O)C(=O)O. The molecule has 80 valence electrons. The standard InChI is InChI=1S/C8H12O5S/c1-5(3-9)4-14-6(8(12)13)2-7(10)11/h3,5-6H,2,4H2,1H3,(H,10,11)(H,12,13). The van der Waals surface area contributed by atoms with Gasteiger partial charge in [-0.15, -0.1) is 11.8 Å². The van der Waals surface area contributed by atoms with Crippen LogP contribution in [-0.2, 0) is 14.4 Å². The molecule has 0 saturated carbocycles. The van der Waals surface area contributed by atoms with Crippen LogP contribution in [0.5, 0.6) is 0 Å². The Labute approximate surface area is 85.5 Å². The number of carboxylic acid groups (broad SMARTS) is 2. The molecule has 0 fully saturated rings. The zero-order chi connectivity index (χ0) is 11.1. The highest BCUT2D eigenvalue weighted by molar-refractivity contribution is 8.00. The minimum absolute atomic E-state index is 0.254. The summed E-state index contributed by atoms with van der Waals surface area (Å²) in [6, 6.07) is 0. The van der Waals surface area contributed by atoms with Crippen molar-refractivity contribution >= 4 is 30.0 Å². The number of rotatable bonds is 7. The molecular formula is C8H12O5S. The summed E-state index contributed by atoms with van der Waals surface area (Å²) >= 11 is 0.979. The Kier molecular flexibility index (Phi) is 5.94. The fourth-order valence-corrected chi connectivity index (χ4v) is 1.70. The van der Waals surface area contributed by atoms with Gasteiger partial charge in [-0.25, -0.2) is 0 Å². The van der Waals surface area contributed by atoms with Gasteiger partial charge >= 0.3 is 11.9 Å². The Bertz CT molecular complexity index is 228. The van der Waals surface area contributed by atoms with E-state index in [1.165, 1.54) is 0 Å². The van der Waals surface area contributed by atoms with Crippen LogP contribution in [0, 0.1) is 5.92 Å². The number of aliphatic carboxylic acids is 2. The lowest BCUT2D eigenvalue weighted by atomic mass is 10.3. The van der Waals surface area contributed by atoms with E-state index in [1.54, 1.807) is 6.92 Å². The molecule has 2 atom stereocenters. The molecule has 0 amide bonds. The first kappa shape index (κ1) is 13.0. The second kappa shape index (κ2) is 6.42. The van der Waals surface area contributed by atoms with E-state index in [0.29, 0.717) is 12.0 Å². The maximum Gasteiger partial charge on any atom is 0.317 e. The lowest BCUT2D eigenvalue weighted by Crippen LogP contribution is -2.21. The first-order valence-electron chi connectivity index (χ1n) is 3.98. The van der Waals surface area contributed by atoms with Gasteiger partial charge in [-0.3, -0.25) is 9.59 Å². The van der Waals surface area contributed by atoms with Crippen LogP contribution in [0.2, 0.25) is 0 Å². The van der Waals surface area contributed by atoms with E-state index in [-0.39, 0.29) is 5.92 Å². The maximum absolute atomic E-state index is 10.6. The monoisotopic (exact) mass is 220 g/mol. The third-order valence-electron chi connectivity index (χ3n) is 1.43. The Morgan fingerprint density at radius 2 is 2.00 bits per heavy atom. The molecule has 0 heterocycles. The van der Waals surface area contributed by atoms with E-state index in [0.717, 1.165) is 11.8 Å². The van der Waals surface area contributed by atoms with Gasteiger partial charge in [-0.2, -0.15) is 0 Å². The van der Waals surface area contributed by atoms with Gasteiger partial charge in [0.25, 0.3) is 0 Å². The Morgan fingerprint density at radius 1 is 1.43 bits per heavy atom. The van der Waals surface area contributed by atoms with E-state index in [9.17, 15) is 14.4 Å². The molecule has 0 aromatic heterocycles. The summed E-state index contributed by atoms with van der Waals surface area (Å²) in [6.07, 6.45) is 0.290. The predicted molar refractivity (Wildman–Crippen MR) is 51.4 cm³/mol. The van der Waals surface area contributed by atoms with Gasteiger partial charge in [0.05, 0.1) is 6.42 Å². The first-order valence-corrected chi connectivity index (χ1v) is 5.03. The number of hydrogen-bond acceptors (Lipinski definition) is 4. The van der Waals surface area contributed by atoms with Crippen LogP contribution in [0.4, 0.5) is 0 Å². The molecule has 0 aliphatic carbocycles. The normalized spacial score (nSPS) is 14.4. The van der Waals surface area contributed by atoms with E-state index >= 15 is 0 Å². The zero-order valence-corrected chi connectivity index (χ0v) is 8.49. The van der Waals surface area contributed by atoms with Crippen molar-refractivity contribution in [3.8, 4) is 0 Å². The first-order chi connectivity index (χ1) is 6.47. The number of aldehydes is 1. The van der Waals surface area contributed by atoms with Crippen LogP contribution >= 0.6 is 11.8 Å². The molecule has 2 unspecified atom stereocenters. The molecule has 6 heteroatoms. The van der Waals surface area contributed by atoms with Crippen LogP contribution in [0.25, 0.3) is 0 Å². The minimum Gasteiger partial charge on any atom is -0.481 e. The fraction of sp³-hybridized carbons (Fsp3) is 0.625. The summed E-state index contributed by atoms with van der Waals surface area (Å²) in [7, 11) is 0. The molecule has 0 aliphatic heterocycles. The van der Waals surface area contributed by atoms with E-state index in [1.807, 2.05) is 0 Å². The highest BCUT2D eigenvalue weighted by atomic mass is 32.2. The molecule has 2 N–H and O–H groups in total. The van der Waals surface area contributed by atoms with Crippen molar-refractivity contribution in [3.63, 3.8) is 0 Å². The van der Waals surface area contributed by atoms with Crippen LogP contribution in [0.15, 0.2) is 0 Å². The molecule has 0 aliphatic rings. The molecule has 0 bridgehead atoms. The van der Waals surface area contributed by atoms with E-state index < -0.39 is 23.6 Å². The van der Waals surface area contributed by atoms with Gasteiger partial charge in [0, 0.05) is 11.7 Å². The van der Waals surface area contributed by atoms with Gasteiger partial charge in [0.15, 0.2) is 0 Å². The smallest absolute Gasteiger partial charge is 0.317 e. The quantitative estimate of drug-likeness (QED) is 0.606. The van der Waals surface area contributed by atoms with Gasteiger partial charge in [-0.1, -0.05) is 6.92 Å². The van der Waals surface area contributed by atoms with Crippen LogP contribution < -0.4 is 0 Å². The average molecular weight is 220 g/mol. The van der Waals surface area contributed by atoms with Crippen molar-refractivity contribution in [3.05, 3.63) is 0 Å². The van der Waals surface area contributed by atoms with Crippen molar-refractivity contribution in [2.24, 2.45) is 5.92 Å². The lowest BCUT2D eigenvalue weighted by molar-refractivity contribution is -0.142. The highest BCUT2D eigenvalue weighted by Crippen LogP contribution is 2.17. The number of carbonyl (C=O) groups excluding carboxylic acids is 1. The summed E-state index contributed by atoms with van der Waals surface area (Å²) < 4.78 is 0. The van der Waals surface area contributed by atoms with Crippen molar-refractivity contribution < 1.29 is 24.6 Å². The molecule has 5 nitrogen and oxygen atoms in total. The van der Waals surface area contributed by atoms with Crippen molar-refractivity contribution in [1.29, 1.82) is 0 Å². The fourth-order valence-electron chi connectivity index (χ4n) is 0.683. The summed E-state index contributed by atoms with van der Waals surface area (Å²) in [5.74, 6) is -2.23. The minimum atomic E-state index is -1.16. The number of carbonyl (C=O) groups is 3. The zero-order valence-electron chi connectivity index (χ0n) is 7.67. The third-order valence-corrected chi connectivity index (χ3v) is 2.92. The number of hydrogen-bond donors (Lipinski definition) is 2. The van der Waals surface area contributed by atoms with Gasteiger partial charge < -0.3 is 15.0 Å². The topological polar surface area (TPSA) is 91.7 Å². The van der Waals surface area contributed by atoms with E-state index in [2.05, 4.69) is 0 Å². The van der Waals surface area contributed by atoms with Crippen LogP contribution in [0.3, 0.4) is 0 Å². The van der Waals surface area contributed by atoms with Crippen molar-refractivity contribution in [2.75, 3.05) is 5.75 Å². The van der Waals surface area contributed by atoms with Crippen LogP contribution in [-0.4, -0.2) is 39.4 Å². The summed E-state index contributed by atoms with van der Waals surface area (Å²) in [5, 5.41) is 16.1. The maximum atomic E-state index is 10.6. The van der Waals surface area contributed by atoms with E-state index in [4.69, 9.17) is 10.2 Å². The third kappa shape index (κ3) is 5.58. The predicted octanol–water partition coefficient (Wildman–Crippen LogP) is 0.482. The van der Waals surface area contributed by atoms with Gasteiger partial charge in [-0.05, 0) is 0 Å². The molecule has 0 aromatic carbocycles. The number of thioether (sulfide) groups is 1. The summed E-state index contributed by atoms with van der Waals surface area (Å²) in [5.41, 5.74) is 0. The summed E-state index contributed by atoms with van der Waals surface area (Å²) in [4.78, 5) is 31.1. The lowest BCUT2D eigenvalue weighted by Gasteiger charge is -2.10. The van der Waals surface area contributed by atoms with Crippen molar-refractivity contribution in [1.82, 2.24) is 0 Å². The Hall–Kier alpha value is -1.04. The highest BCUT2D eigenvalue weighted by Gasteiger charge is 2.21. The molecule has 14 heavy (non-hydrogen) atoms. The van der Waals surface area contributed by atoms with Crippen molar-refractivity contribution in [2.45, 2.75) is 18.6 Å². The van der Waals surface area contributed by atoms with Crippen LogP contribution in [0.1, 0.15) is 13.3 Å². The molecule has 0 spiro atoms. The number of carboxylic acids is 2. The second-order valence-electron chi connectivity index (χ2n) is 2.87. The Balaban J connectivity index is 4.03. The Morgan fingerprint density at radius 3 is 2.36 bits per heavy atom. The van der Waals surface area contributed by atoms with Gasteiger partial charge in [0.1, 0.15) is 11.5 Å². The average Bonchev–Trinajstić information content (AvgIpc) is 2.10. The second-order valence-corrected chi connectivity index (χ2v) is 4.11. The molecule has 0 radical (unpaired) electrons. The molecule has 0 saturated heterocycles. The van der Waals surface area contributed by atoms with Gasteiger partial charge in [0.2, 0.25) is 0 Å². The molecule has 0 rings (SSSR count). The summed E-state index contributed by atoms with van der Waals surface area (Å²) in [6.45, 7) is 1.65.